The molecule has 2 aromatic rings. The number of hydrogen-bond acceptors (Lipinski definition) is 5. The van der Waals surface area contributed by atoms with E-state index in [1.807, 2.05) is 24.3 Å². The number of halogens is 2. The number of rotatable bonds is 6. The standard InChI is InChI=1S/C23H25F2N5O/c1-15(31)30-19-7-4-3-6-18(19)16-12-26-21(27-13-16)28-14-23(10-17(24)11-23)22(2)20(25)8-5-9-29-22/h3-9,12-13,17,29H,10-11,14H2,1-2H3,(H,30,31)(H,26,27,28)/t17-,22?,23-. The topological polar surface area (TPSA) is 78.9 Å². The Morgan fingerprint density at radius 3 is 2.61 bits per heavy atom. The summed E-state index contributed by atoms with van der Waals surface area (Å²) in [5, 5.41) is 9.05. The molecule has 1 fully saturated rings. The summed E-state index contributed by atoms with van der Waals surface area (Å²) in [5.74, 6) is -0.0964. The summed E-state index contributed by atoms with van der Waals surface area (Å²) in [7, 11) is 0. The Kier molecular flexibility index (Phi) is 5.47. The number of aromatic nitrogens is 2. The number of carbonyl (C=O) groups excluding carboxylic acids is 1. The lowest BCUT2D eigenvalue weighted by molar-refractivity contribution is -0.114. The first-order valence-electron chi connectivity index (χ1n) is 10.2. The number of alkyl halides is 1. The minimum atomic E-state index is -0.991. The van der Waals surface area contributed by atoms with E-state index in [4.69, 9.17) is 0 Å². The maximum atomic E-state index is 14.7. The monoisotopic (exact) mass is 425 g/mol. The highest BCUT2D eigenvalue weighted by Gasteiger charge is 2.58. The van der Waals surface area contributed by atoms with Gasteiger partial charge in [0.15, 0.2) is 0 Å². The van der Waals surface area contributed by atoms with Gasteiger partial charge in [0.05, 0.1) is 5.54 Å². The molecule has 162 valence electrons. The quantitative estimate of drug-likeness (QED) is 0.641. The smallest absolute Gasteiger partial charge is 0.222 e. The Balaban J connectivity index is 1.50. The molecule has 0 spiro atoms. The highest BCUT2D eigenvalue weighted by Crippen LogP contribution is 2.54. The van der Waals surface area contributed by atoms with E-state index in [0.29, 0.717) is 18.2 Å². The minimum Gasteiger partial charge on any atom is -0.379 e. The van der Waals surface area contributed by atoms with Crippen molar-refractivity contribution in [1.82, 2.24) is 15.3 Å². The van der Waals surface area contributed by atoms with Gasteiger partial charge in [0.2, 0.25) is 11.9 Å². The molecule has 1 unspecified atom stereocenters. The molecule has 31 heavy (non-hydrogen) atoms. The number of amides is 1. The van der Waals surface area contributed by atoms with Crippen molar-refractivity contribution >= 4 is 17.5 Å². The van der Waals surface area contributed by atoms with Crippen molar-refractivity contribution in [2.75, 3.05) is 17.2 Å². The summed E-state index contributed by atoms with van der Waals surface area (Å²) in [6.45, 7) is 3.54. The summed E-state index contributed by atoms with van der Waals surface area (Å²) < 4.78 is 28.6. The lowest BCUT2D eigenvalue weighted by Crippen LogP contribution is -2.64. The van der Waals surface area contributed by atoms with Gasteiger partial charge in [-0.2, -0.15) is 0 Å². The van der Waals surface area contributed by atoms with Crippen molar-refractivity contribution in [3.8, 4) is 11.1 Å². The van der Waals surface area contributed by atoms with Crippen LogP contribution in [0.25, 0.3) is 11.1 Å². The maximum absolute atomic E-state index is 14.7. The second-order valence-electron chi connectivity index (χ2n) is 8.30. The molecule has 6 nitrogen and oxygen atoms in total. The molecule has 4 rings (SSSR count). The zero-order valence-corrected chi connectivity index (χ0v) is 17.5. The van der Waals surface area contributed by atoms with Gasteiger partial charge >= 0.3 is 0 Å². The molecule has 8 heteroatoms. The fourth-order valence-electron chi connectivity index (χ4n) is 4.35. The van der Waals surface area contributed by atoms with Gasteiger partial charge in [-0.15, -0.1) is 0 Å². The van der Waals surface area contributed by atoms with Crippen LogP contribution in [0.5, 0.6) is 0 Å². The summed E-state index contributed by atoms with van der Waals surface area (Å²) in [4.78, 5) is 20.2. The average molecular weight is 425 g/mol. The number of hydrogen-bond donors (Lipinski definition) is 3. The predicted octanol–water partition coefficient (Wildman–Crippen LogP) is 4.36. The van der Waals surface area contributed by atoms with Gasteiger partial charge in [-0.1, -0.05) is 18.2 Å². The van der Waals surface area contributed by atoms with E-state index in [1.165, 1.54) is 13.0 Å². The molecule has 2 heterocycles. The Morgan fingerprint density at radius 1 is 1.26 bits per heavy atom. The molecule has 1 saturated carbocycles. The number of para-hydroxylation sites is 1. The number of benzene rings is 1. The van der Waals surface area contributed by atoms with Crippen LogP contribution in [0.15, 0.2) is 60.8 Å². The number of dihydropyridines is 1. The van der Waals surface area contributed by atoms with E-state index in [2.05, 4.69) is 25.9 Å². The third kappa shape index (κ3) is 3.89. The number of anilines is 2. The van der Waals surface area contributed by atoms with Crippen LogP contribution in [-0.2, 0) is 4.79 Å². The number of allylic oxidation sites excluding steroid dienone is 2. The van der Waals surface area contributed by atoms with Crippen LogP contribution in [-0.4, -0.2) is 34.1 Å². The summed E-state index contributed by atoms with van der Waals surface area (Å²) in [6.07, 6.45) is 7.57. The number of carbonyl (C=O) groups is 1. The van der Waals surface area contributed by atoms with Crippen LogP contribution in [0.4, 0.5) is 20.4 Å². The second kappa shape index (κ2) is 8.09. The number of nitrogens with one attached hydrogen (secondary N) is 3. The maximum Gasteiger partial charge on any atom is 0.222 e. The van der Waals surface area contributed by atoms with Gasteiger partial charge in [-0.05, 0) is 44.2 Å². The normalized spacial score (nSPS) is 27.0. The molecular weight excluding hydrogens is 400 g/mol. The molecule has 1 aromatic heterocycles. The van der Waals surface area contributed by atoms with Crippen LogP contribution in [0.2, 0.25) is 0 Å². The fraction of sp³-hybridized carbons (Fsp3) is 0.348. The molecule has 0 bridgehead atoms. The summed E-state index contributed by atoms with van der Waals surface area (Å²) >= 11 is 0. The molecule has 1 aliphatic heterocycles. The molecule has 3 N–H and O–H groups in total. The van der Waals surface area contributed by atoms with Crippen molar-refractivity contribution in [2.24, 2.45) is 5.41 Å². The lowest BCUT2D eigenvalue weighted by Gasteiger charge is -2.55. The van der Waals surface area contributed by atoms with Crippen molar-refractivity contribution in [2.45, 2.75) is 38.4 Å². The van der Waals surface area contributed by atoms with Gasteiger partial charge in [-0.3, -0.25) is 4.79 Å². The third-order valence-corrected chi connectivity index (χ3v) is 6.26. The second-order valence-corrected chi connectivity index (χ2v) is 8.30. The van der Waals surface area contributed by atoms with Crippen LogP contribution in [0.3, 0.4) is 0 Å². The van der Waals surface area contributed by atoms with Gasteiger partial charge in [0.25, 0.3) is 0 Å². The predicted molar refractivity (Wildman–Crippen MR) is 117 cm³/mol. The van der Waals surface area contributed by atoms with Crippen molar-refractivity contribution in [3.63, 3.8) is 0 Å². The van der Waals surface area contributed by atoms with E-state index >= 15 is 0 Å². The summed E-state index contributed by atoms with van der Waals surface area (Å²) in [5.41, 5.74) is 0.593. The van der Waals surface area contributed by atoms with E-state index in [-0.39, 0.29) is 24.6 Å². The fourth-order valence-corrected chi connectivity index (χ4v) is 4.35. The van der Waals surface area contributed by atoms with E-state index in [1.54, 1.807) is 31.6 Å². The van der Waals surface area contributed by atoms with E-state index < -0.39 is 17.1 Å². The highest BCUT2D eigenvalue weighted by molar-refractivity contribution is 5.93. The molecular formula is C23H25F2N5O. The van der Waals surface area contributed by atoms with Crippen LogP contribution < -0.4 is 16.0 Å². The Morgan fingerprint density at radius 2 is 1.97 bits per heavy atom. The zero-order chi connectivity index (χ0) is 22.1. The van der Waals surface area contributed by atoms with Crippen molar-refractivity contribution in [1.29, 1.82) is 0 Å². The van der Waals surface area contributed by atoms with E-state index in [0.717, 1.165) is 11.1 Å². The van der Waals surface area contributed by atoms with E-state index in [9.17, 15) is 13.6 Å². The molecule has 1 atom stereocenters. The van der Waals surface area contributed by atoms with Gasteiger partial charge in [0.1, 0.15) is 12.0 Å². The Hall–Kier alpha value is -3.29. The first kappa shape index (κ1) is 21.0. The molecule has 1 aromatic carbocycles. The van der Waals surface area contributed by atoms with Gasteiger partial charge < -0.3 is 16.0 Å². The Bertz CT molecular complexity index is 1030. The average Bonchev–Trinajstić information content (AvgIpc) is 2.73. The summed E-state index contributed by atoms with van der Waals surface area (Å²) in [6, 6.07) is 7.39. The zero-order valence-electron chi connectivity index (χ0n) is 17.5. The molecule has 2 aliphatic rings. The van der Waals surface area contributed by atoms with Gasteiger partial charge in [-0.25, -0.2) is 18.7 Å². The largest absolute Gasteiger partial charge is 0.379 e. The first-order chi connectivity index (χ1) is 14.8. The highest BCUT2D eigenvalue weighted by atomic mass is 19.1. The van der Waals surface area contributed by atoms with Crippen LogP contribution in [0, 0.1) is 5.41 Å². The van der Waals surface area contributed by atoms with Gasteiger partial charge in [0, 0.05) is 48.1 Å². The van der Waals surface area contributed by atoms with Crippen molar-refractivity contribution in [3.05, 3.63) is 60.8 Å². The SMILES string of the molecule is CC(=O)Nc1ccccc1-c1cnc(NC[C@]2(C3(C)NC=CC=C3F)C[C@H](F)C2)nc1. The van der Waals surface area contributed by atoms with Crippen LogP contribution in [0.1, 0.15) is 26.7 Å². The lowest BCUT2D eigenvalue weighted by atomic mass is 9.55. The Labute approximate surface area is 179 Å². The first-order valence-corrected chi connectivity index (χ1v) is 10.2. The number of nitrogens with zero attached hydrogens (tertiary/aromatic N) is 2. The molecule has 0 saturated heterocycles. The third-order valence-electron chi connectivity index (χ3n) is 6.26. The minimum absolute atomic E-state index is 0.162. The van der Waals surface area contributed by atoms with Crippen LogP contribution >= 0.6 is 0 Å². The molecule has 1 amide bonds. The molecule has 1 aliphatic carbocycles. The van der Waals surface area contributed by atoms with Crippen molar-refractivity contribution < 1.29 is 13.6 Å². The molecule has 0 radical (unpaired) electrons.